The summed E-state index contributed by atoms with van der Waals surface area (Å²) in [6.07, 6.45) is 1.70. The number of nitrogens with zero attached hydrogens (tertiary/aromatic N) is 1. The third-order valence-electron chi connectivity index (χ3n) is 2.14. The van der Waals surface area contributed by atoms with Crippen molar-refractivity contribution in [3.8, 4) is 0 Å². The first kappa shape index (κ1) is 12.9. The first-order chi connectivity index (χ1) is 7.67. The van der Waals surface area contributed by atoms with Crippen LogP contribution in [0.15, 0.2) is 41.4 Å². The van der Waals surface area contributed by atoms with E-state index >= 15 is 0 Å². The van der Waals surface area contributed by atoms with Crippen LogP contribution >= 0.6 is 15.9 Å². The zero-order valence-corrected chi connectivity index (χ0v) is 10.6. The fourth-order valence-corrected chi connectivity index (χ4v) is 1.84. The first-order valence-electron chi connectivity index (χ1n) is 5.00. The average molecular weight is 283 g/mol. The molecule has 0 spiro atoms. The highest BCUT2D eigenvalue weighted by atomic mass is 79.9. The van der Waals surface area contributed by atoms with Gasteiger partial charge in [-0.2, -0.15) is 0 Å². The fourth-order valence-electron chi connectivity index (χ4n) is 1.40. The smallest absolute Gasteiger partial charge is 0.236 e. The van der Waals surface area contributed by atoms with Crippen LogP contribution in [-0.2, 0) is 11.3 Å². The summed E-state index contributed by atoms with van der Waals surface area (Å²) < 4.78 is 1.00. The van der Waals surface area contributed by atoms with Crippen LogP contribution in [0.4, 0.5) is 0 Å². The molecule has 0 radical (unpaired) electrons. The SMILES string of the molecule is C=CCN(Cc1cccc(Br)c1)C(=O)CN. The summed E-state index contributed by atoms with van der Waals surface area (Å²) in [5, 5.41) is 0. The van der Waals surface area contributed by atoms with Gasteiger partial charge in [-0.1, -0.05) is 34.1 Å². The Balaban J connectivity index is 2.74. The van der Waals surface area contributed by atoms with E-state index in [9.17, 15) is 4.79 Å². The van der Waals surface area contributed by atoms with Gasteiger partial charge in [0.25, 0.3) is 0 Å². The van der Waals surface area contributed by atoms with Crippen LogP contribution in [0.25, 0.3) is 0 Å². The number of carbonyl (C=O) groups excluding carboxylic acids is 1. The minimum Gasteiger partial charge on any atom is -0.334 e. The van der Waals surface area contributed by atoms with E-state index in [2.05, 4.69) is 22.5 Å². The number of carbonyl (C=O) groups is 1. The zero-order valence-electron chi connectivity index (χ0n) is 9.03. The molecule has 86 valence electrons. The lowest BCUT2D eigenvalue weighted by atomic mass is 10.2. The van der Waals surface area contributed by atoms with Crippen LogP contribution in [0.3, 0.4) is 0 Å². The molecule has 0 saturated carbocycles. The largest absolute Gasteiger partial charge is 0.334 e. The molecule has 0 bridgehead atoms. The highest BCUT2D eigenvalue weighted by Crippen LogP contribution is 2.13. The van der Waals surface area contributed by atoms with Crippen molar-refractivity contribution in [3.05, 3.63) is 47.0 Å². The predicted octanol–water partition coefficient (Wildman–Crippen LogP) is 1.92. The van der Waals surface area contributed by atoms with Crippen molar-refractivity contribution >= 4 is 21.8 Å². The van der Waals surface area contributed by atoms with Crippen LogP contribution in [-0.4, -0.2) is 23.9 Å². The first-order valence-corrected chi connectivity index (χ1v) is 5.80. The van der Waals surface area contributed by atoms with Crippen molar-refractivity contribution in [2.45, 2.75) is 6.54 Å². The molecule has 0 aliphatic rings. The van der Waals surface area contributed by atoms with Gasteiger partial charge in [0.05, 0.1) is 6.54 Å². The molecule has 0 atom stereocenters. The fraction of sp³-hybridized carbons (Fsp3) is 0.250. The van der Waals surface area contributed by atoms with Gasteiger partial charge in [-0.15, -0.1) is 6.58 Å². The van der Waals surface area contributed by atoms with Gasteiger partial charge in [-0.25, -0.2) is 0 Å². The van der Waals surface area contributed by atoms with E-state index in [1.54, 1.807) is 11.0 Å². The Hall–Kier alpha value is -1.13. The number of hydrogen-bond acceptors (Lipinski definition) is 2. The molecular weight excluding hydrogens is 268 g/mol. The lowest BCUT2D eigenvalue weighted by molar-refractivity contribution is -0.129. The maximum Gasteiger partial charge on any atom is 0.236 e. The van der Waals surface area contributed by atoms with Crippen LogP contribution in [0, 0.1) is 0 Å². The number of amides is 1. The van der Waals surface area contributed by atoms with E-state index in [1.807, 2.05) is 24.3 Å². The number of nitrogens with two attached hydrogens (primary N) is 1. The van der Waals surface area contributed by atoms with E-state index in [0.717, 1.165) is 10.0 Å². The molecule has 4 heteroatoms. The maximum absolute atomic E-state index is 11.5. The van der Waals surface area contributed by atoms with Crippen molar-refractivity contribution in [2.24, 2.45) is 5.73 Å². The Morgan fingerprint density at radius 3 is 2.88 bits per heavy atom. The summed E-state index contributed by atoms with van der Waals surface area (Å²) >= 11 is 3.40. The van der Waals surface area contributed by atoms with E-state index in [-0.39, 0.29) is 12.5 Å². The number of rotatable bonds is 5. The third-order valence-corrected chi connectivity index (χ3v) is 2.63. The molecule has 3 nitrogen and oxygen atoms in total. The summed E-state index contributed by atoms with van der Waals surface area (Å²) in [5.41, 5.74) is 6.42. The standard InChI is InChI=1S/C12H15BrN2O/c1-2-6-15(12(16)8-14)9-10-4-3-5-11(13)7-10/h2-5,7H,1,6,8-9,14H2. The maximum atomic E-state index is 11.5. The van der Waals surface area contributed by atoms with Gasteiger partial charge < -0.3 is 10.6 Å². The van der Waals surface area contributed by atoms with Crippen molar-refractivity contribution < 1.29 is 4.79 Å². The van der Waals surface area contributed by atoms with Crippen LogP contribution in [0.5, 0.6) is 0 Å². The Kier molecular flexibility index (Phi) is 5.22. The molecule has 0 saturated heterocycles. The van der Waals surface area contributed by atoms with Crippen molar-refractivity contribution in [1.29, 1.82) is 0 Å². The average Bonchev–Trinajstić information content (AvgIpc) is 2.27. The van der Waals surface area contributed by atoms with Crippen molar-refractivity contribution in [2.75, 3.05) is 13.1 Å². The van der Waals surface area contributed by atoms with Crippen molar-refractivity contribution in [3.63, 3.8) is 0 Å². The molecule has 0 heterocycles. The van der Waals surface area contributed by atoms with Crippen molar-refractivity contribution in [1.82, 2.24) is 4.90 Å². The van der Waals surface area contributed by atoms with Gasteiger partial charge in [-0.3, -0.25) is 4.79 Å². The lowest BCUT2D eigenvalue weighted by Crippen LogP contribution is -2.35. The molecule has 0 fully saturated rings. The summed E-state index contributed by atoms with van der Waals surface area (Å²) in [7, 11) is 0. The van der Waals surface area contributed by atoms with Crippen LogP contribution in [0.2, 0.25) is 0 Å². The van der Waals surface area contributed by atoms with Gasteiger partial charge >= 0.3 is 0 Å². The van der Waals surface area contributed by atoms with E-state index in [0.29, 0.717) is 13.1 Å². The third kappa shape index (κ3) is 3.79. The molecule has 0 aromatic heterocycles. The minimum atomic E-state index is -0.0696. The lowest BCUT2D eigenvalue weighted by Gasteiger charge is -2.20. The topological polar surface area (TPSA) is 46.3 Å². The molecule has 0 unspecified atom stereocenters. The molecule has 1 amide bonds. The van der Waals surface area contributed by atoms with Gasteiger partial charge in [0, 0.05) is 17.6 Å². The summed E-state index contributed by atoms with van der Waals surface area (Å²) in [6, 6.07) is 7.86. The molecule has 2 N–H and O–H groups in total. The van der Waals surface area contributed by atoms with Gasteiger partial charge in [0.1, 0.15) is 0 Å². The van der Waals surface area contributed by atoms with Crippen LogP contribution in [0.1, 0.15) is 5.56 Å². The highest BCUT2D eigenvalue weighted by molar-refractivity contribution is 9.10. The highest BCUT2D eigenvalue weighted by Gasteiger charge is 2.10. The second kappa shape index (κ2) is 6.45. The molecular formula is C12H15BrN2O. The number of benzene rings is 1. The molecule has 16 heavy (non-hydrogen) atoms. The van der Waals surface area contributed by atoms with Gasteiger partial charge in [0.2, 0.25) is 5.91 Å². The van der Waals surface area contributed by atoms with E-state index in [4.69, 9.17) is 5.73 Å². The van der Waals surface area contributed by atoms with E-state index in [1.165, 1.54) is 0 Å². The Morgan fingerprint density at radius 2 is 2.31 bits per heavy atom. The molecule has 0 aliphatic carbocycles. The Labute approximate surface area is 104 Å². The van der Waals surface area contributed by atoms with Gasteiger partial charge in [0.15, 0.2) is 0 Å². The molecule has 0 aliphatic heterocycles. The summed E-state index contributed by atoms with van der Waals surface area (Å²) in [4.78, 5) is 13.2. The predicted molar refractivity (Wildman–Crippen MR) is 68.8 cm³/mol. The molecule has 1 rings (SSSR count). The molecule has 1 aromatic rings. The second-order valence-electron chi connectivity index (χ2n) is 3.40. The summed E-state index contributed by atoms with van der Waals surface area (Å²) in [5.74, 6) is -0.0696. The number of hydrogen-bond donors (Lipinski definition) is 1. The van der Waals surface area contributed by atoms with E-state index < -0.39 is 0 Å². The monoisotopic (exact) mass is 282 g/mol. The minimum absolute atomic E-state index is 0.0296. The Morgan fingerprint density at radius 1 is 1.56 bits per heavy atom. The second-order valence-corrected chi connectivity index (χ2v) is 4.31. The van der Waals surface area contributed by atoms with Gasteiger partial charge in [-0.05, 0) is 17.7 Å². The quantitative estimate of drug-likeness (QED) is 0.839. The Bertz CT molecular complexity index is 379. The zero-order chi connectivity index (χ0) is 12.0. The normalized spacial score (nSPS) is 9.88. The number of halogens is 1. The summed E-state index contributed by atoms with van der Waals surface area (Å²) in [6.45, 7) is 4.74. The van der Waals surface area contributed by atoms with Crippen LogP contribution < -0.4 is 5.73 Å². The molecule has 1 aromatic carbocycles.